The lowest BCUT2D eigenvalue weighted by molar-refractivity contribution is -0.136. The largest absolute Gasteiger partial charge is 0.504 e. The number of aliphatic carboxylic acids is 1. The molecule has 0 unspecified atom stereocenters. The van der Waals surface area contributed by atoms with Crippen molar-refractivity contribution in [3.8, 4) is 5.75 Å². The lowest BCUT2D eigenvalue weighted by Gasteiger charge is -1.99. The number of carboxylic acids is 1. The maximum absolute atomic E-state index is 13.0. The Morgan fingerprint density at radius 2 is 2.20 bits per heavy atom. The number of aromatic amines is 1. The topological polar surface area (TPSA) is 73.3 Å². The van der Waals surface area contributed by atoms with Gasteiger partial charge in [0.05, 0.1) is 6.42 Å². The molecule has 1 heterocycles. The summed E-state index contributed by atoms with van der Waals surface area (Å²) in [4.78, 5) is 13.3. The summed E-state index contributed by atoms with van der Waals surface area (Å²) >= 11 is 0. The number of aromatic hydroxyl groups is 1. The van der Waals surface area contributed by atoms with Crippen LogP contribution in [0, 0.1) is 5.82 Å². The van der Waals surface area contributed by atoms with Gasteiger partial charge in [0.25, 0.3) is 0 Å². The van der Waals surface area contributed by atoms with Crippen molar-refractivity contribution in [1.29, 1.82) is 0 Å². The van der Waals surface area contributed by atoms with Crippen molar-refractivity contribution in [3.05, 3.63) is 29.7 Å². The van der Waals surface area contributed by atoms with Crippen LogP contribution in [0.15, 0.2) is 18.3 Å². The Balaban J connectivity index is 2.66. The molecule has 0 aliphatic heterocycles. The van der Waals surface area contributed by atoms with Gasteiger partial charge in [-0.15, -0.1) is 0 Å². The lowest BCUT2D eigenvalue weighted by atomic mass is 10.1. The first-order valence-electron chi connectivity index (χ1n) is 4.29. The fraction of sp³-hybridized carbons (Fsp3) is 0.100. The number of phenols is 1. The summed E-state index contributed by atoms with van der Waals surface area (Å²) < 4.78 is 13.0. The molecule has 0 aliphatic carbocycles. The van der Waals surface area contributed by atoms with Gasteiger partial charge in [-0.2, -0.15) is 0 Å². The molecular weight excluding hydrogens is 201 g/mol. The number of halogens is 1. The number of hydrogen-bond donors (Lipinski definition) is 3. The molecule has 2 rings (SSSR count). The van der Waals surface area contributed by atoms with E-state index in [1.165, 1.54) is 12.3 Å². The van der Waals surface area contributed by atoms with Crippen molar-refractivity contribution in [3.63, 3.8) is 0 Å². The second kappa shape index (κ2) is 3.27. The molecule has 1 aromatic carbocycles. The molecule has 1 aromatic heterocycles. The Kier molecular flexibility index (Phi) is 2.07. The van der Waals surface area contributed by atoms with Crippen LogP contribution in [0.4, 0.5) is 4.39 Å². The molecule has 78 valence electrons. The van der Waals surface area contributed by atoms with E-state index in [-0.39, 0.29) is 11.8 Å². The van der Waals surface area contributed by atoms with Gasteiger partial charge >= 0.3 is 5.97 Å². The molecule has 2 aromatic rings. The van der Waals surface area contributed by atoms with Crippen LogP contribution in [-0.2, 0) is 11.2 Å². The van der Waals surface area contributed by atoms with E-state index in [4.69, 9.17) is 5.11 Å². The fourth-order valence-corrected chi connectivity index (χ4v) is 1.55. The number of hydrogen-bond acceptors (Lipinski definition) is 2. The summed E-state index contributed by atoms with van der Waals surface area (Å²) in [6.45, 7) is 0. The molecule has 0 radical (unpaired) electrons. The van der Waals surface area contributed by atoms with Crippen molar-refractivity contribution in [2.45, 2.75) is 6.42 Å². The third-order valence-electron chi connectivity index (χ3n) is 2.19. The molecule has 4 nitrogen and oxygen atoms in total. The molecule has 0 amide bonds. The minimum Gasteiger partial charge on any atom is -0.504 e. The molecule has 15 heavy (non-hydrogen) atoms. The molecule has 0 saturated heterocycles. The van der Waals surface area contributed by atoms with E-state index in [0.717, 1.165) is 6.07 Å². The minimum absolute atomic E-state index is 0.234. The third kappa shape index (κ3) is 1.52. The van der Waals surface area contributed by atoms with Gasteiger partial charge in [-0.1, -0.05) is 0 Å². The number of fused-ring (bicyclic) bond motifs is 1. The average molecular weight is 209 g/mol. The number of benzene rings is 1. The van der Waals surface area contributed by atoms with E-state index in [1.54, 1.807) is 0 Å². The molecule has 0 spiro atoms. The van der Waals surface area contributed by atoms with Gasteiger partial charge in [-0.25, -0.2) is 4.39 Å². The Labute approximate surface area is 84.0 Å². The van der Waals surface area contributed by atoms with Crippen LogP contribution in [0.5, 0.6) is 5.75 Å². The van der Waals surface area contributed by atoms with Crippen LogP contribution in [0.2, 0.25) is 0 Å². The molecule has 0 fully saturated rings. The van der Waals surface area contributed by atoms with Crippen molar-refractivity contribution >= 4 is 16.9 Å². The smallest absolute Gasteiger partial charge is 0.307 e. The molecule has 3 N–H and O–H groups in total. The van der Waals surface area contributed by atoms with E-state index >= 15 is 0 Å². The Morgan fingerprint density at radius 1 is 1.47 bits per heavy atom. The predicted molar refractivity (Wildman–Crippen MR) is 51.3 cm³/mol. The summed E-state index contributed by atoms with van der Waals surface area (Å²) in [5.74, 6) is -2.29. The van der Waals surface area contributed by atoms with Crippen LogP contribution >= 0.6 is 0 Å². The van der Waals surface area contributed by atoms with Crippen molar-refractivity contribution < 1.29 is 19.4 Å². The third-order valence-corrected chi connectivity index (χ3v) is 2.19. The van der Waals surface area contributed by atoms with Gasteiger partial charge < -0.3 is 15.2 Å². The molecule has 0 saturated carbocycles. The van der Waals surface area contributed by atoms with Gasteiger partial charge in [0, 0.05) is 17.1 Å². The number of nitrogens with one attached hydrogen (secondary N) is 1. The highest BCUT2D eigenvalue weighted by Crippen LogP contribution is 2.30. The van der Waals surface area contributed by atoms with E-state index in [0.29, 0.717) is 11.1 Å². The van der Waals surface area contributed by atoms with E-state index in [2.05, 4.69) is 4.98 Å². The first-order chi connectivity index (χ1) is 7.09. The quantitative estimate of drug-likeness (QED) is 0.703. The molecular formula is C10H8FNO3. The summed E-state index contributed by atoms with van der Waals surface area (Å²) in [5, 5.41) is 18.3. The number of carboxylic acid groups (broad SMARTS) is 1. The Hall–Kier alpha value is -2.04. The second-order valence-corrected chi connectivity index (χ2v) is 3.20. The summed E-state index contributed by atoms with van der Waals surface area (Å²) in [6, 6.07) is 2.58. The average Bonchev–Trinajstić information content (AvgIpc) is 2.55. The second-order valence-electron chi connectivity index (χ2n) is 3.20. The number of rotatable bonds is 2. The summed E-state index contributed by atoms with van der Waals surface area (Å²) in [6.07, 6.45) is 1.20. The monoisotopic (exact) mass is 209 g/mol. The van der Waals surface area contributed by atoms with Crippen LogP contribution in [0.1, 0.15) is 5.56 Å². The molecule has 0 bridgehead atoms. The first-order valence-corrected chi connectivity index (χ1v) is 4.29. The van der Waals surface area contributed by atoms with Crippen molar-refractivity contribution in [2.75, 3.05) is 0 Å². The Bertz CT molecular complexity index is 533. The zero-order valence-corrected chi connectivity index (χ0v) is 7.62. The summed E-state index contributed by atoms with van der Waals surface area (Å²) in [7, 11) is 0. The van der Waals surface area contributed by atoms with E-state index in [9.17, 15) is 14.3 Å². The van der Waals surface area contributed by atoms with Crippen molar-refractivity contribution in [1.82, 2.24) is 4.98 Å². The molecule has 0 atom stereocenters. The van der Waals surface area contributed by atoms with E-state index < -0.39 is 17.5 Å². The predicted octanol–water partition coefficient (Wildman–Crippen LogP) is 1.64. The zero-order chi connectivity index (χ0) is 11.0. The fourth-order valence-electron chi connectivity index (χ4n) is 1.55. The maximum atomic E-state index is 13.0. The highest BCUT2D eigenvalue weighted by molar-refractivity contribution is 5.91. The highest BCUT2D eigenvalue weighted by atomic mass is 19.1. The van der Waals surface area contributed by atoms with Crippen LogP contribution in [-0.4, -0.2) is 21.2 Å². The van der Waals surface area contributed by atoms with Crippen LogP contribution < -0.4 is 0 Å². The lowest BCUT2D eigenvalue weighted by Crippen LogP contribution is -1.99. The van der Waals surface area contributed by atoms with E-state index in [1.807, 2.05) is 0 Å². The highest BCUT2D eigenvalue weighted by Gasteiger charge is 2.13. The van der Waals surface area contributed by atoms with Gasteiger partial charge in [-0.05, 0) is 17.7 Å². The normalized spacial score (nSPS) is 10.7. The number of H-pyrrole nitrogens is 1. The SMILES string of the molecule is O=C(O)Cc1c[nH]c2ccc(F)c(O)c12. The number of carbonyl (C=O) groups is 1. The Morgan fingerprint density at radius 3 is 2.87 bits per heavy atom. The van der Waals surface area contributed by atoms with Gasteiger partial charge in [0.1, 0.15) is 0 Å². The number of aromatic nitrogens is 1. The van der Waals surface area contributed by atoms with Gasteiger partial charge in [0.15, 0.2) is 11.6 Å². The van der Waals surface area contributed by atoms with Crippen molar-refractivity contribution in [2.24, 2.45) is 0 Å². The van der Waals surface area contributed by atoms with Crippen LogP contribution in [0.3, 0.4) is 0 Å². The number of phenolic OH excluding ortho intramolecular Hbond substituents is 1. The molecule has 5 heteroatoms. The van der Waals surface area contributed by atoms with Gasteiger partial charge in [-0.3, -0.25) is 4.79 Å². The van der Waals surface area contributed by atoms with Crippen LogP contribution in [0.25, 0.3) is 10.9 Å². The maximum Gasteiger partial charge on any atom is 0.307 e. The summed E-state index contributed by atoms with van der Waals surface area (Å²) in [5.41, 5.74) is 0.889. The zero-order valence-electron chi connectivity index (χ0n) is 7.62. The van der Waals surface area contributed by atoms with Gasteiger partial charge in [0.2, 0.25) is 0 Å². The first kappa shape index (κ1) is 9.51. The standard InChI is InChI=1S/C10H8FNO3/c11-6-1-2-7-9(10(6)15)5(4-12-7)3-8(13)14/h1-2,4,12,15H,3H2,(H,13,14). The molecule has 0 aliphatic rings. The minimum atomic E-state index is -1.03.